The summed E-state index contributed by atoms with van der Waals surface area (Å²) < 4.78 is 13.9. The van der Waals surface area contributed by atoms with Crippen molar-refractivity contribution in [3.8, 4) is 0 Å². The summed E-state index contributed by atoms with van der Waals surface area (Å²) in [5.41, 5.74) is 4.30. The maximum absolute atomic E-state index is 13.9. The molecule has 0 amide bonds. The Balaban J connectivity index is 2.53. The first-order valence-electron chi connectivity index (χ1n) is 6.68. The lowest BCUT2D eigenvalue weighted by molar-refractivity contribution is 0.194. The Hall–Kier alpha value is -1.87. The average molecular weight is 273 g/mol. The summed E-state index contributed by atoms with van der Waals surface area (Å²) in [4.78, 5) is 1.91. The van der Waals surface area contributed by atoms with Crippen molar-refractivity contribution in [1.82, 2.24) is 0 Å². The number of aryl methyl sites for hydroxylation is 2. The van der Waals surface area contributed by atoms with Gasteiger partial charge in [-0.15, -0.1) is 0 Å². The van der Waals surface area contributed by atoms with Gasteiger partial charge in [-0.25, -0.2) is 4.39 Å². The van der Waals surface area contributed by atoms with Crippen LogP contribution in [0.4, 0.5) is 15.8 Å². The van der Waals surface area contributed by atoms with Gasteiger partial charge in [0.25, 0.3) is 0 Å². The van der Waals surface area contributed by atoms with Gasteiger partial charge >= 0.3 is 0 Å². The molecular weight excluding hydrogens is 253 g/mol. The minimum atomic E-state index is -0.848. The molecule has 0 unspecified atom stereocenters. The highest BCUT2D eigenvalue weighted by atomic mass is 19.1. The van der Waals surface area contributed by atoms with E-state index in [0.29, 0.717) is 11.3 Å². The number of aliphatic hydroxyl groups excluding tert-OH is 1. The smallest absolute Gasteiger partial charge is 0.131 e. The first-order chi connectivity index (χ1) is 9.40. The molecule has 106 valence electrons. The molecule has 1 N–H and O–H groups in total. The first-order valence-corrected chi connectivity index (χ1v) is 6.68. The van der Waals surface area contributed by atoms with Gasteiger partial charge in [0.1, 0.15) is 5.82 Å². The lowest BCUT2D eigenvalue weighted by Crippen LogP contribution is -2.14. The third-order valence-electron chi connectivity index (χ3n) is 3.40. The van der Waals surface area contributed by atoms with Gasteiger partial charge in [-0.3, -0.25) is 0 Å². The fourth-order valence-electron chi connectivity index (χ4n) is 2.52. The summed E-state index contributed by atoms with van der Waals surface area (Å²) in [5, 5.41) is 9.82. The second kappa shape index (κ2) is 5.63. The van der Waals surface area contributed by atoms with Crippen LogP contribution < -0.4 is 4.90 Å². The second-order valence-electron chi connectivity index (χ2n) is 5.25. The van der Waals surface area contributed by atoms with Gasteiger partial charge in [-0.2, -0.15) is 0 Å². The zero-order valence-corrected chi connectivity index (χ0v) is 12.3. The van der Waals surface area contributed by atoms with Crippen LogP contribution in [0.1, 0.15) is 29.7 Å². The van der Waals surface area contributed by atoms with Crippen molar-refractivity contribution in [2.24, 2.45) is 0 Å². The van der Waals surface area contributed by atoms with E-state index in [-0.39, 0.29) is 5.82 Å². The highest BCUT2D eigenvalue weighted by Gasteiger charge is 2.17. The van der Waals surface area contributed by atoms with E-state index in [4.69, 9.17) is 0 Å². The SMILES string of the molecule is Cc1cc(C)cc(N(C)c2cccc(F)c2[C@@H](C)O)c1. The Labute approximate surface area is 119 Å². The van der Waals surface area contributed by atoms with Gasteiger partial charge < -0.3 is 10.0 Å². The van der Waals surface area contributed by atoms with E-state index in [0.717, 1.165) is 16.8 Å². The van der Waals surface area contributed by atoms with Crippen molar-refractivity contribution in [3.63, 3.8) is 0 Å². The quantitative estimate of drug-likeness (QED) is 0.903. The van der Waals surface area contributed by atoms with Crippen LogP contribution in [0, 0.1) is 19.7 Å². The maximum atomic E-state index is 13.9. The topological polar surface area (TPSA) is 23.5 Å². The first kappa shape index (κ1) is 14.5. The molecule has 0 spiro atoms. The van der Waals surface area contributed by atoms with Gasteiger partial charge in [-0.05, 0) is 56.2 Å². The summed E-state index contributed by atoms with van der Waals surface area (Å²) in [6.07, 6.45) is -0.848. The molecule has 20 heavy (non-hydrogen) atoms. The Morgan fingerprint density at radius 2 is 1.70 bits per heavy atom. The van der Waals surface area contributed by atoms with Crippen molar-refractivity contribution >= 4 is 11.4 Å². The zero-order valence-electron chi connectivity index (χ0n) is 12.3. The van der Waals surface area contributed by atoms with E-state index in [9.17, 15) is 9.50 Å². The largest absolute Gasteiger partial charge is 0.389 e. The summed E-state index contributed by atoms with van der Waals surface area (Å²) in [7, 11) is 1.88. The molecule has 0 aromatic heterocycles. The molecule has 2 aromatic carbocycles. The normalized spacial score (nSPS) is 12.3. The number of hydrogen-bond acceptors (Lipinski definition) is 2. The van der Waals surface area contributed by atoms with Gasteiger partial charge in [0.15, 0.2) is 0 Å². The standard InChI is InChI=1S/C17H20FNO/c1-11-8-12(2)10-14(9-11)19(4)16-7-5-6-15(18)17(16)13(3)20/h5-10,13,20H,1-4H3/t13-/m1/s1. The fraction of sp³-hybridized carbons (Fsp3) is 0.294. The zero-order chi connectivity index (χ0) is 14.9. The van der Waals surface area contributed by atoms with Crippen LogP contribution in [0.5, 0.6) is 0 Å². The monoisotopic (exact) mass is 273 g/mol. The van der Waals surface area contributed by atoms with Crippen molar-refractivity contribution < 1.29 is 9.50 Å². The number of halogens is 1. The molecule has 2 nitrogen and oxygen atoms in total. The van der Waals surface area contributed by atoms with Crippen molar-refractivity contribution in [1.29, 1.82) is 0 Å². The Bertz CT molecular complexity index is 602. The molecule has 0 bridgehead atoms. The molecule has 1 atom stereocenters. The maximum Gasteiger partial charge on any atom is 0.131 e. The number of rotatable bonds is 3. The van der Waals surface area contributed by atoms with Gasteiger partial charge in [-0.1, -0.05) is 12.1 Å². The number of benzene rings is 2. The Morgan fingerprint density at radius 3 is 2.25 bits per heavy atom. The van der Waals surface area contributed by atoms with Crippen LogP contribution in [-0.4, -0.2) is 12.2 Å². The molecule has 0 heterocycles. The highest BCUT2D eigenvalue weighted by Crippen LogP contribution is 2.33. The van der Waals surface area contributed by atoms with Crippen molar-refractivity contribution in [2.75, 3.05) is 11.9 Å². The molecule has 2 rings (SSSR count). The number of hydrogen-bond donors (Lipinski definition) is 1. The van der Waals surface area contributed by atoms with Gasteiger partial charge in [0.2, 0.25) is 0 Å². The van der Waals surface area contributed by atoms with E-state index < -0.39 is 6.10 Å². The molecular formula is C17H20FNO. The van der Waals surface area contributed by atoms with E-state index in [1.54, 1.807) is 13.0 Å². The molecule has 2 aromatic rings. The minimum Gasteiger partial charge on any atom is -0.389 e. The molecule has 0 saturated carbocycles. The Morgan fingerprint density at radius 1 is 1.10 bits per heavy atom. The average Bonchev–Trinajstić information content (AvgIpc) is 2.35. The van der Waals surface area contributed by atoms with Gasteiger partial charge in [0, 0.05) is 24.0 Å². The third kappa shape index (κ3) is 2.83. The molecule has 3 heteroatoms. The summed E-state index contributed by atoms with van der Waals surface area (Å²) in [6, 6.07) is 11.0. The van der Waals surface area contributed by atoms with Crippen molar-refractivity contribution in [3.05, 3.63) is 58.9 Å². The highest BCUT2D eigenvalue weighted by molar-refractivity contribution is 5.67. The number of anilines is 2. The van der Waals surface area contributed by atoms with E-state index in [1.807, 2.05) is 44.0 Å². The summed E-state index contributed by atoms with van der Waals surface area (Å²) >= 11 is 0. The van der Waals surface area contributed by atoms with Crippen LogP contribution in [0.3, 0.4) is 0 Å². The molecule has 0 aliphatic heterocycles. The predicted octanol–water partition coefficient (Wildman–Crippen LogP) is 4.26. The van der Waals surface area contributed by atoms with Crippen molar-refractivity contribution in [2.45, 2.75) is 26.9 Å². The van der Waals surface area contributed by atoms with E-state index >= 15 is 0 Å². The predicted molar refractivity (Wildman–Crippen MR) is 81.0 cm³/mol. The fourth-order valence-corrected chi connectivity index (χ4v) is 2.52. The van der Waals surface area contributed by atoms with Crippen LogP contribution in [0.25, 0.3) is 0 Å². The van der Waals surface area contributed by atoms with E-state index in [1.165, 1.54) is 6.07 Å². The number of nitrogens with zero attached hydrogens (tertiary/aromatic N) is 1. The summed E-state index contributed by atoms with van der Waals surface area (Å²) in [6.45, 7) is 5.65. The molecule has 0 fully saturated rings. The lowest BCUT2D eigenvalue weighted by Gasteiger charge is -2.25. The molecule has 0 radical (unpaired) electrons. The van der Waals surface area contributed by atoms with Gasteiger partial charge in [0.05, 0.1) is 6.10 Å². The Kier molecular flexibility index (Phi) is 4.09. The van der Waals surface area contributed by atoms with Crippen LogP contribution >= 0.6 is 0 Å². The molecule has 0 saturated heterocycles. The molecule has 0 aliphatic rings. The van der Waals surface area contributed by atoms with Crippen LogP contribution in [0.2, 0.25) is 0 Å². The third-order valence-corrected chi connectivity index (χ3v) is 3.40. The van der Waals surface area contributed by atoms with Crippen LogP contribution in [-0.2, 0) is 0 Å². The summed E-state index contributed by atoms with van der Waals surface area (Å²) in [5.74, 6) is -0.381. The number of aliphatic hydroxyl groups is 1. The second-order valence-corrected chi connectivity index (χ2v) is 5.25. The van der Waals surface area contributed by atoms with Crippen LogP contribution in [0.15, 0.2) is 36.4 Å². The minimum absolute atomic E-state index is 0.328. The lowest BCUT2D eigenvalue weighted by atomic mass is 10.0. The van der Waals surface area contributed by atoms with E-state index in [2.05, 4.69) is 6.07 Å². The molecule has 0 aliphatic carbocycles.